The first-order chi connectivity index (χ1) is 12.4. The van der Waals surface area contributed by atoms with Crippen LogP contribution in [0.4, 0.5) is 0 Å². The van der Waals surface area contributed by atoms with E-state index in [0.29, 0.717) is 6.54 Å². The van der Waals surface area contributed by atoms with Crippen molar-refractivity contribution >= 4 is 5.96 Å². The Morgan fingerprint density at radius 2 is 1.81 bits per heavy atom. The Morgan fingerprint density at radius 3 is 2.35 bits per heavy atom. The van der Waals surface area contributed by atoms with Crippen LogP contribution in [0.3, 0.4) is 0 Å². The van der Waals surface area contributed by atoms with Gasteiger partial charge in [0.1, 0.15) is 12.4 Å². The van der Waals surface area contributed by atoms with Gasteiger partial charge >= 0.3 is 0 Å². The molecule has 6 heteroatoms. The van der Waals surface area contributed by atoms with Crippen LogP contribution >= 0.6 is 0 Å². The highest BCUT2D eigenvalue weighted by Gasteiger charge is 2.21. The Balaban J connectivity index is 2.03. The lowest BCUT2D eigenvalue weighted by atomic mass is 9.84. The molecule has 2 aromatic rings. The van der Waals surface area contributed by atoms with Crippen molar-refractivity contribution < 1.29 is 0 Å². The normalized spacial score (nSPS) is 12.3. The number of aliphatic imine (C=N–C) groups is 1. The van der Waals surface area contributed by atoms with Gasteiger partial charge in [-0.2, -0.15) is 0 Å². The number of nitrogens with zero attached hydrogens (tertiary/aromatic N) is 4. The van der Waals surface area contributed by atoms with Crippen molar-refractivity contribution in [2.45, 2.75) is 53.0 Å². The highest BCUT2D eigenvalue weighted by atomic mass is 15.3. The number of guanidine groups is 1. The fraction of sp³-hybridized carbons (Fsp3) is 0.550. The zero-order chi connectivity index (χ0) is 19.2. The fourth-order valence-corrected chi connectivity index (χ4v) is 2.68. The Hall–Kier alpha value is -2.37. The van der Waals surface area contributed by atoms with Gasteiger partial charge in [-0.3, -0.25) is 0 Å². The maximum atomic E-state index is 4.65. The van der Waals surface area contributed by atoms with Crippen LogP contribution in [0.1, 0.15) is 50.5 Å². The molecule has 0 aliphatic rings. The number of hydrogen-bond acceptors (Lipinski definition) is 3. The van der Waals surface area contributed by atoms with Crippen LogP contribution in [0.5, 0.6) is 0 Å². The first-order valence-corrected chi connectivity index (χ1v) is 9.33. The molecule has 142 valence electrons. The average molecular weight is 357 g/mol. The number of aromatic nitrogens is 3. The maximum absolute atomic E-state index is 4.65. The van der Waals surface area contributed by atoms with E-state index in [1.165, 1.54) is 11.1 Å². The predicted molar refractivity (Wildman–Crippen MR) is 107 cm³/mol. The minimum absolute atomic E-state index is 0.00380. The summed E-state index contributed by atoms with van der Waals surface area (Å²) in [5.41, 5.74) is 2.69. The van der Waals surface area contributed by atoms with Crippen molar-refractivity contribution in [3.05, 3.63) is 47.0 Å². The largest absolute Gasteiger partial charge is 0.357 e. The molecule has 0 saturated heterocycles. The summed E-state index contributed by atoms with van der Waals surface area (Å²) in [6, 6.07) is 8.89. The molecule has 1 aromatic carbocycles. The Kier molecular flexibility index (Phi) is 6.77. The molecule has 26 heavy (non-hydrogen) atoms. The van der Waals surface area contributed by atoms with E-state index in [9.17, 15) is 0 Å². The maximum Gasteiger partial charge on any atom is 0.191 e. The summed E-state index contributed by atoms with van der Waals surface area (Å²) in [5, 5.41) is 15.0. The number of aryl methyl sites for hydroxylation is 2. The lowest BCUT2D eigenvalue weighted by Gasteiger charge is -2.27. The molecule has 1 aromatic heterocycles. The average Bonchev–Trinajstić information content (AvgIpc) is 2.96. The smallest absolute Gasteiger partial charge is 0.191 e. The highest BCUT2D eigenvalue weighted by Crippen LogP contribution is 2.22. The van der Waals surface area contributed by atoms with Gasteiger partial charge in [0.25, 0.3) is 0 Å². The summed E-state index contributed by atoms with van der Waals surface area (Å²) < 4.78 is 1.96. The Labute approximate surface area is 157 Å². The van der Waals surface area contributed by atoms with Gasteiger partial charge in [0.15, 0.2) is 11.8 Å². The third-order valence-corrected chi connectivity index (χ3v) is 4.75. The van der Waals surface area contributed by atoms with Gasteiger partial charge in [-0.1, -0.05) is 45.0 Å². The fourth-order valence-electron chi connectivity index (χ4n) is 2.68. The van der Waals surface area contributed by atoms with Gasteiger partial charge in [0, 0.05) is 25.6 Å². The van der Waals surface area contributed by atoms with Crippen molar-refractivity contribution in [3.63, 3.8) is 0 Å². The zero-order valence-electron chi connectivity index (χ0n) is 16.9. The lowest BCUT2D eigenvalue weighted by Crippen LogP contribution is -2.43. The van der Waals surface area contributed by atoms with Crippen molar-refractivity contribution in [1.29, 1.82) is 0 Å². The van der Waals surface area contributed by atoms with Crippen molar-refractivity contribution in [2.24, 2.45) is 12.0 Å². The molecule has 0 spiro atoms. The van der Waals surface area contributed by atoms with Gasteiger partial charge in [-0.05, 0) is 31.4 Å². The molecular weight excluding hydrogens is 324 g/mol. The molecule has 6 nitrogen and oxygen atoms in total. The summed E-state index contributed by atoms with van der Waals surface area (Å²) >= 11 is 0. The molecule has 0 bridgehead atoms. The second kappa shape index (κ2) is 8.83. The van der Waals surface area contributed by atoms with Crippen molar-refractivity contribution in [3.8, 4) is 0 Å². The predicted octanol–water partition coefficient (Wildman–Crippen LogP) is 2.72. The molecule has 0 unspecified atom stereocenters. The van der Waals surface area contributed by atoms with E-state index >= 15 is 0 Å². The third-order valence-electron chi connectivity index (χ3n) is 4.75. The van der Waals surface area contributed by atoms with Crippen LogP contribution in [0.15, 0.2) is 29.3 Å². The van der Waals surface area contributed by atoms with E-state index in [0.717, 1.165) is 37.1 Å². The standard InChI is InChI=1S/C20H32N6/c1-7-16-9-11-17(12-10-16)20(4,5)14-23-19(21-8-2)22-13-18-25-24-15(3)26(18)6/h9-12H,7-8,13-14H2,1-6H3,(H2,21,22,23). The van der Waals surface area contributed by atoms with E-state index < -0.39 is 0 Å². The van der Waals surface area contributed by atoms with E-state index in [-0.39, 0.29) is 5.41 Å². The van der Waals surface area contributed by atoms with Gasteiger partial charge in [-0.25, -0.2) is 4.99 Å². The van der Waals surface area contributed by atoms with Crippen molar-refractivity contribution in [2.75, 3.05) is 13.1 Å². The SMILES string of the molecule is CCNC(=NCc1nnc(C)n1C)NCC(C)(C)c1ccc(CC)cc1. The minimum atomic E-state index is 0.00380. The summed E-state index contributed by atoms with van der Waals surface area (Å²) in [7, 11) is 1.96. The number of nitrogens with one attached hydrogen (secondary N) is 2. The molecule has 2 rings (SSSR count). The van der Waals surface area contributed by atoms with Crippen molar-refractivity contribution in [1.82, 2.24) is 25.4 Å². The summed E-state index contributed by atoms with van der Waals surface area (Å²) in [4.78, 5) is 4.65. The summed E-state index contributed by atoms with van der Waals surface area (Å²) in [6.45, 7) is 12.8. The van der Waals surface area contributed by atoms with E-state index in [2.05, 4.69) is 77.8 Å². The van der Waals surface area contributed by atoms with Gasteiger partial charge in [0.05, 0.1) is 0 Å². The molecule has 0 amide bonds. The third kappa shape index (κ3) is 5.07. The molecule has 0 fully saturated rings. The molecular formula is C20H32N6. The van der Waals surface area contributed by atoms with Crippen LogP contribution < -0.4 is 10.6 Å². The first-order valence-electron chi connectivity index (χ1n) is 9.33. The quantitative estimate of drug-likeness (QED) is 0.591. The number of benzene rings is 1. The topological polar surface area (TPSA) is 67.1 Å². The monoisotopic (exact) mass is 356 g/mol. The van der Waals surface area contributed by atoms with Crippen LogP contribution in [0.2, 0.25) is 0 Å². The van der Waals surface area contributed by atoms with Gasteiger partial charge < -0.3 is 15.2 Å². The van der Waals surface area contributed by atoms with Gasteiger partial charge in [0.2, 0.25) is 0 Å². The molecule has 0 atom stereocenters. The van der Waals surface area contributed by atoms with E-state index in [1.54, 1.807) is 0 Å². The van der Waals surface area contributed by atoms with Crippen LogP contribution in [0.25, 0.3) is 0 Å². The van der Waals surface area contributed by atoms with E-state index in [4.69, 9.17) is 0 Å². The number of rotatable bonds is 7. The molecule has 0 saturated carbocycles. The van der Waals surface area contributed by atoms with E-state index in [1.807, 2.05) is 18.5 Å². The molecule has 2 N–H and O–H groups in total. The van der Waals surface area contributed by atoms with Crippen LogP contribution in [0, 0.1) is 6.92 Å². The molecule has 1 heterocycles. The van der Waals surface area contributed by atoms with Gasteiger partial charge in [-0.15, -0.1) is 10.2 Å². The minimum Gasteiger partial charge on any atom is -0.357 e. The van der Waals surface area contributed by atoms with Crippen LogP contribution in [-0.4, -0.2) is 33.8 Å². The number of hydrogen-bond donors (Lipinski definition) is 2. The Morgan fingerprint density at radius 1 is 1.12 bits per heavy atom. The molecule has 0 aliphatic heterocycles. The first kappa shape index (κ1) is 19.9. The summed E-state index contributed by atoms with van der Waals surface area (Å²) in [6.07, 6.45) is 1.07. The highest BCUT2D eigenvalue weighted by molar-refractivity contribution is 5.79. The molecule has 0 radical (unpaired) electrons. The molecule has 0 aliphatic carbocycles. The van der Waals surface area contributed by atoms with Crippen LogP contribution in [-0.2, 0) is 25.4 Å². The zero-order valence-corrected chi connectivity index (χ0v) is 16.9. The lowest BCUT2D eigenvalue weighted by molar-refractivity contribution is 0.508. The second-order valence-corrected chi connectivity index (χ2v) is 7.21. The Bertz CT molecular complexity index is 727. The second-order valence-electron chi connectivity index (χ2n) is 7.21. The summed E-state index contributed by atoms with van der Waals surface area (Å²) in [5.74, 6) is 2.55.